The van der Waals surface area contributed by atoms with Crippen LogP contribution in [0.5, 0.6) is 0 Å². The number of nitriles is 1. The summed E-state index contributed by atoms with van der Waals surface area (Å²) in [5.41, 5.74) is 0. The van der Waals surface area contributed by atoms with Crippen LogP contribution in [0.15, 0.2) is 0 Å². The van der Waals surface area contributed by atoms with E-state index in [9.17, 15) is 8.39 Å². The van der Waals surface area contributed by atoms with Gasteiger partial charge in [-0.2, -0.15) is 0 Å². The van der Waals surface area contributed by atoms with E-state index in [0.29, 0.717) is 5.81 Å². The molecule has 0 aliphatic carbocycles. The van der Waals surface area contributed by atoms with Gasteiger partial charge >= 0.3 is 57.8 Å². The first kappa shape index (κ1) is 8.65. The second-order valence-corrected chi connectivity index (χ2v) is 11.9. The van der Waals surface area contributed by atoms with Crippen molar-refractivity contribution < 1.29 is 8.39 Å². The van der Waals surface area contributed by atoms with Crippen LogP contribution in [0, 0.1) is 11.1 Å². The summed E-state index contributed by atoms with van der Waals surface area (Å²) in [6, 6.07) is 0. The average Bonchev–Trinajstić information content (AvgIpc) is 1.30. The maximum absolute atomic E-state index is 11.9. The van der Waals surface area contributed by atoms with Crippen molar-refractivity contribution in [1.82, 2.24) is 0 Å². The van der Waals surface area contributed by atoms with E-state index in [-0.39, 0.29) is 0 Å². The van der Waals surface area contributed by atoms with Gasteiger partial charge < -0.3 is 0 Å². The van der Waals surface area contributed by atoms with Gasteiger partial charge in [0.05, 0.1) is 0 Å². The van der Waals surface area contributed by atoms with E-state index in [1.54, 1.807) is 0 Å². The first-order valence-electron chi connectivity index (χ1n) is 1.29. The Bertz CT molecular complexity index is 147. The minimum absolute atomic E-state index is 0.356. The number of halogens is 5. The monoisotopic (exact) mass is 200 g/mol. The van der Waals surface area contributed by atoms with Gasteiger partial charge in [-0.15, -0.1) is 0 Å². The Kier molecular flexibility index (Phi) is 1.32. The van der Waals surface area contributed by atoms with Crippen molar-refractivity contribution in [3.63, 3.8) is 0 Å². The molecule has 1 nitrogen and oxygen atoms in total. The quantitative estimate of drug-likeness (QED) is 0.547. The second-order valence-electron chi connectivity index (χ2n) is 1.16. The van der Waals surface area contributed by atoms with Crippen LogP contribution in [-0.4, -0.2) is 0 Å². The molecule has 0 atom stereocenters. The van der Waals surface area contributed by atoms with Crippen molar-refractivity contribution >= 4 is 38.3 Å². The zero-order chi connectivity index (χ0) is 7.12. The fourth-order valence-electron chi connectivity index (χ4n) is 0. The van der Waals surface area contributed by atoms with E-state index in [1.807, 2.05) is 0 Å². The Morgan fingerprint density at radius 2 is 1.38 bits per heavy atom. The Morgan fingerprint density at radius 3 is 1.38 bits per heavy atom. The van der Waals surface area contributed by atoms with Gasteiger partial charge in [0.2, 0.25) is 0 Å². The van der Waals surface area contributed by atoms with Crippen LogP contribution < -0.4 is 0 Å². The first-order valence-corrected chi connectivity index (χ1v) is 6.47. The summed E-state index contributed by atoms with van der Waals surface area (Å²) < 4.78 is 16.8. The molecule has 0 spiro atoms. The molecule has 0 radical (unpaired) electrons. The molecule has 0 unspecified atom stereocenters. The minimum atomic E-state index is -6.97. The average molecular weight is 201 g/mol. The molecule has 0 aromatic carbocycles. The molecule has 50 valence electrons. The van der Waals surface area contributed by atoms with Crippen LogP contribution >= 0.6 is 38.3 Å². The third kappa shape index (κ3) is 6.65. The predicted molar refractivity (Wildman–Crippen MR) is 32.3 cm³/mol. The summed E-state index contributed by atoms with van der Waals surface area (Å²) in [5, 5.41) is 7.59. The van der Waals surface area contributed by atoms with Crippen molar-refractivity contribution in [3.8, 4) is 5.81 Å². The van der Waals surface area contributed by atoms with Gasteiger partial charge in [0.15, 0.2) is 0 Å². The molecule has 0 rings (SSSR count). The normalized spacial score (nSPS) is 20.5. The molecule has 0 amide bonds. The summed E-state index contributed by atoms with van der Waals surface area (Å²) in [4.78, 5) is 0. The van der Waals surface area contributed by atoms with Crippen LogP contribution in [0.25, 0.3) is 0 Å². The standard InChI is InChI=1S/CCl3F2NP/c2-8(3,4,5,6)1-7/q-1. The Balaban J connectivity index is 4.88. The van der Waals surface area contributed by atoms with Crippen molar-refractivity contribution in [2.24, 2.45) is 0 Å². The SMILES string of the molecule is N#C[P-](F)(F)(Cl)(Cl)Cl. The summed E-state index contributed by atoms with van der Waals surface area (Å²) in [7, 11) is 0. The molecule has 0 aromatic rings. The van der Waals surface area contributed by atoms with Gasteiger partial charge in [-0.3, -0.25) is 0 Å². The molecule has 0 aliphatic heterocycles. The predicted octanol–water partition coefficient (Wildman–Crippen LogP) is 3.79. The van der Waals surface area contributed by atoms with Gasteiger partial charge in [0.25, 0.3) is 0 Å². The van der Waals surface area contributed by atoms with Crippen LogP contribution in [0.4, 0.5) is 8.39 Å². The van der Waals surface area contributed by atoms with E-state index >= 15 is 0 Å². The third-order valence-corrected chi connectivity index (χ3v) is 1.25. The molecular weight excluding hydrogens is 201 g/mol. The van der Waals surface area contributed by atoms with E-state index < -0.39 is 4.62 Å². The molecular formula is CCl3F2NP-. The van der Waals surface area contributed by atoms with Crippen molar-refractivity contribution in [2.75, 3.05) is 0 Å². The summed E-state index contributed by atoms with van der Waals surface area (Å²) >= 11 is 12.6. The molecule has 8 heavy (non-hydrogen) atoms. The Morgan fingerprint density at radius 1 is 1.25 bits per heavy atom. The number of hydrogen-bond donors (Lipinski definition) is 0. The summed E-state index contributed by atoms with van der Waals surface area (Å²) in [6.07, 6.45) is 0. The van der Waals surface area contributed by atoms with E-state index in [2.05, 4.69) is 33.7 Å². The zero-order valence-electron chi connectivity index (χ0n) is 3.28. The van der Waals surface area contributed by atoms with Crippen molar-refractivity contribution in [3.05, 3.63) is 0 Å². The molecule has 0 aliphatic rings. The molecule has 0 bridgehead atoms. The summed E-state index contributed by atoms with van der Waals surface area (Å²) in [5.74, 6) is 0.356. The second kappa shape index (κ2) is 1.22. The van der Waals surface area contributed by atoms with Gasteiger partial charge in [-0.25, -0.2) is 0 Å². The Hall–Kier alpha value is 0.650. The first-order chi connectivity index (χ1) is 3.04. The van der Waals surface area contributed by atoms with Crippen LogP contribution in [0.2, 0.25) is 0 Å². The molecule has 0 fully saturated rings. The van der Waals surface area contributed by atoms with Gasteiger partial charge in [-0.05, 0) is 0 Å². The number of nitrogens with zero attached hydrogens (tertiary/aromatic N) is 1. The maximum atomic E-state index is 11.9. The zero-order valence-corrected chi connectivity index (χ0v) is 6.45. The van der Waals surface area contributed by atoms with E-state index in [0.717, 1.165) is 0 Å². The van der Waals surface area contributed by atoms with E-state index in [4.69, 9.17) is 5.26 Å². The van der Waals surface area contributed by atoms with Crippen LogP contribution in [-0.2, 0) is 0 Å². The Labute approximate surface area is 58.2 Å². The van der Waals surface area contributed by atoms with Crippen LogP contribution in [0.3, 0.4) is 0 Å². The van der Waals surface area contributed by atoms with Gasteiger partial charge in [0, 0.05) is 0 Å². The number of hydrogen-bond acceptors (Lipinski definition) is 1. The van der Waals surface area contributed by atoms with Crippen LogP contribution in [0.1, 0.15) is 0 Å². The van der Waals surface area contributed by atoms with E-state index in [1.165, 1.54) is 0 Å². The van der Waals surface area contributed by atoms with Gasteiger partial charge in [-0.1, -0.05) is 0 Å². The molecule has 0 heterocycles. The molecule has 0 N–H and O–H groups in total. The third-order valence-electron chi connectivity index (χ3n) is 0.189. The number of rotatable bonds is 0. The topological polar surface area (TPSA) is 23.8 Å². The van der Waals surface area contributed by atoms with Gasteiger partial charge in [0.1, 0.15) is 0 Å². The molecule has 0 aromatic heterocycles. The van der Waals surface area contributed by atoms with Crippen molar-refractivity contribution in [1.29, 1.82) is 5.26 Å². The van der Waals surface area contributed by atoms with Crippen molar-refractivity contribution in [2.45, 2.75) is 0 Å². The molecule has 0 saturated heterocycles. The molecule has 7 heteroatoms. The molecule has 0 saturated carbocycles. The fourth-order valence-corrected chi connectivity index (χ4v) is 0. The summed E-state index contributed by atoms with van der Waals surface area (Å²) in [6.45, 7) is 0. The fraction of sp³-hybridized carbons (Fsp3) is 0.